The van der Waals surface area contributed by atoms with Gasteiger partial charge >= 0.3 is 0 Å². The molecule has 1 atom stereocenters. The van der Waals surface area contributed by atoms with E-state index >= 15 is 0 Å². The summed E-state index contributed by atoms with van der Waals surface area (Å²) in [6, 6.07) is 18.4. The maximum absolute atomic E-state index is 12.9. The SMILES string of the molecule is O=C(CC(c1cccc2ccccc12)n1cccc1)Nc1n[nH]c(C2CCC2)n1. The molecular weight excluding hydrogens is 362 g/mol. The Morgan fingerprint density at radius 3 is 2.69 bits per heavy atom. The molecule has 4 aromatic rings. The second-order valence-electron chi connectivity index (χ2n) is 7.64. The highest BCUT2D eigenvalue weighted by Gasteiger charge is 2.24. The first kappa shape index (κ1) is 17.7. The molecule has 1 fully saturated rings. The molecule has 6 nitrogen and oxygen atoms in total. The molecule has 0 spiro atoms. The summed E-state index contributed by atoms with van der Waals surface area (Å²) in [5, 5.41) is 12.3. The average molecular weight is 385 g/mol. The van der Waals surface area contributed by atoms with Gasteiger partial charge in [-0.1, -0.05) is 48.9 Å². The molecule has 0 radical (unpaired) electrons. The Hall–Kier alpha value is -3.41. The van der Waals surface area contributed by atoms with Crippen molar-refractivity contribution in [1.29, 1.82) is 0 Å². The van der Waals surface area contributed by atoms with Crippen LogP contribution in [0.4, 0.5) is 5.95 Å². The van der Waals surface area contributed by atoms with Crippen molar-refractivity contribution in [3.05, 3.63) is 78.4 Å². The molecule has 2 aromatic heterocycles. The van der Waals surface area contributed by atoms with Gasteiger partial charge in [-0.3, -0.25) is 15.2 Å². The third kappa shape index (κ3) is 3.53. The quantitative estimate of drug-likeness (QED) is 0.507. The van der Waals surface area contributed by atoms with Gasteiger partial charge in [0.05, 0.1) is 12.5 Å². The largest absolute Gasteiger partial charge is 0.346 e. The van der Waals surface area contributed by atoms with E-state index in [1.807, 2.05) is 42.7 Å². The number of carbonyl (C=O) groups excluding carboxylic acids is 1. The number of hydrogen-bond acceptors (Lipinski definition) is 3. The van der Waals surface area contributed by atoms with E-state index in [-0.39, 0.29) is 11.9 Å². The summed E-state index contributed by atoms with van der Waals surface area (Å²) >= 11 is 0. The Bertz CT molecular complexity index is 1120. The second kappa shape index (κ2) is 7.54. The zero-order valence-corrected chi connectivity index (χ0v) is 16.1. The summed E-state index contributed by atoms with van der Waals surface area (Å²) in [5.41, 5.74) is 1.12. The molecule has 2 heterocycles. The van der Waals surface area contributed by atoms with Gasteiger partial charge < -0.3 is 4.57 Å². The first-order chi connectivity index (χ1) is 14.3. The van der Waals surface area contributed by atoms with Crippen LogP contribution in [0.25, 0.3) is 10.8 Å². The van der Waals surface area contributed by atoms with Crippen molar-refractivity contribution in [1.82, 2.24) is 19.7 Å². The molecule has 146 valence electrons. The van der Waals surface area contributed by atoms with E-state index in [4.69, 9.17) is 0 Å². The molecule has 1 aliphatic rings. The molecule has 2 aromatic carbocycles. The van der Waals surface area contributed by atoms with Crippen LogP contribution in [0.2, 0.25) is 0 Å². The van der Waals surface area contributed by atoms with Crippen molar-refractivity contribution < 1.29 is 4.79 Å². The standard InChI is InChI=1S/C23H23N5O/c29-21(24-23-25-22(26-27-23)17-9-5-10-17)15-20(28-13-3-4-14-28)19-12-6-8-16-7-1-2-11-18(16)19/h1-4,6-8,11-14,17,20H,5,9-10,15H2,(H2,24,25,26,27,29). The summed E-state index contributed by atoms with van der Waals surface area (Å²) < 4.78 is 2.08. The first-order valence-electron chi connectivity index (χ1n) is 10.1. The van der Waals surface area contributed by atoms with E-state index in [1.165, 1.54) is 11.8 Å². The highest BCUT2D eigenvalue weighted by molar-refractivity contribution is 5.91. The summed E-state index contributed by atoms with van der Waals surface area (Å²) in [6.45, 7) is 0. The van der Waals surface area contributed by atoms with Crippen LogP contribution in [0, 0.1) is 0 Å². The molecule has 5 rings (SSSR count). The summed E-state index contributed by atoms with van der Waals surface area (Å²) in [4.78, 5) is 17.3. The number of anilines is 1. The van der Waals surface area contributed by atoms with E-state index in [0.29, 0.717) is 18.3 Å². The average Bonchev–Trinajstić information content (AvgIpc) is 3.37. The Labute approximate surface area is 169 Å². The minimum Gasteiger partial charge on any atom is -0.346 e. The van der Waals surface area contributed by atoms with Crippen molar-refractivity contribution in [2.24, 2.45) is 0 Å². The minimum atomic E-state index is -0.110. The minimum absolute atomic E-state index is 0.101. The van der Waals surface area contributed by atoms with Gasteiger partial charge in [-0.15, -0.1) is 5.10 Å². The summed E-state index contributed by atoms with van der Waals surface area (Å²) in [6.07, 6.45) is 7.81. The number of amides is 1. The van der Waals surface area contributed by atoms with Crippen LogP contribution < -0.4 is 5.32 Å². The predicted octanol–water partition coefficient (Wildman–Crippen LogP) is 4.65. The third-order valence-corrected chi connectivity index (χ3v) is 5.79. The molecule has 1 unspecified atom stereocenters. The molecule has 2 N–H and O–H groups in total. The van der Waals surface area contributed by atoms with Crippen LogP contribution in [-0.4, -0.2) is 25.7 Å². The molecule has 29 heavy (non-hydrogen) atoms. The van der Waals surface area contributed by atoms with Gasteiger partial charge in [0.1, 0.15) is 5.82 Å². The molecule has 1 saturated carbocycles. The fraction of sp³-hybridized carbons (Fsp3) is 0.261. The van der Waals surface area contributed by atoms with E-state index in [2.05, 4.69) is 49.3 Å². The lowest BCUT2D eigenvalue weighted by Gasteiger charge is -2.22. The molecule has 1 aliphatic carbocycles. The van der Waals surface area contributed by atoms with E-state index < -0.39 is 0 Å². The lowest BCUT2D eigenvalue weighted by molar-refractivity contribution is -0.116. The molecular formula is C23H23N5O. The molecule has 0 saturated heterocycles. The van der Waals surface area contributed by atoms with Gasteiger partial charge in [0, 0.05) is 18.3 Å². The third-order valence-electron chi connectivity index (χ3n) is 5.79. The number of fused-ring (bicyclic) bond motifs is 1. The van der Waals surface area contributed by atoms with Crippen LogP contribution in [0.3, 0.4) is 0 Å². The molecule has 6 heteroatoms. The maximum Gasteiger partial charge on any atom is 0.248 e. The maximum atomic E-state index is 12.9. The molecule has 0 bridgehead atoms. The monoisotopic (exact) mass is 385 g/mol. The van der Waals surface area contributed by atoms with Crippen molar-refractivity contribution >= 4 is 22.6 Å². The number of aromatic amines is 1. The number of aromatic nitrogens is 4. The van der Waals surface area contributed by atoms with Crippen LogP contribution in [-0.2, 0) is 4.79 Å². The van der Waals surface area contributed by atoms with Crippen LogP contribution in [0.15, 0.2) is 67.0 Å². The smallest absolute Gasteiger partial charge is 0.248 e. The van der Waals surface area contributed by atoms with Crippen LogP contribution in [0.5, 0.6) is 0 Å². The number of carbonyl (C=O) groups is 1. The van der Waals surface area contributed by atoms with Gasteiger partial charge in [0.25, 0.3) is 0 Å². The topological polar surface area (TPSA) is 75.6 Å². The predicted molar refractivity (Wildman–Crippen MR) is 113 cm³/mol. The highest BCUT2D eigenvalue weighted by atomic mass is 16.1. The highest BCUT2D eigenvalue weighted by Crippen LogP contribution is 2.34. The second-order valence-corrected chi connectivity index (χ2v) is 7.64. The summed E-state index contributed by atoms with van der Waals surface area (Å²) in [5.74, 6) is 1.59. The number of nitrogens with one attached hydrogen (secondary N) is 2. The van der Waals surface area contributed by atoms with Crippen molar-refractivity contribution in [2.45, 2.75) is 37.6 Å². The normalized spacial score (nSPS) is 15.2. The number of nitrogens with zero attached hydrogens (tertiary/aromatic N) is 3. The lowest BCUT2D eigenvalue weighted by Crippen LogP contribution is -2.20. The summed E-state index contributed by atoms with van der Waals surface area (Å²) in [7, 11) is 0. The Kier molecular flexibility index (Phi) is 4.60. The fourth-order valence-corrected chi connectivity index (χ4v) is 4.02. The van der Waals surface area contributed by atoms with Gasteiger partial charge in [-0.25, -0.2) is 0 Å². The Morgan fingerprint density at radius 2 is 1.90 bits per heavy atom. The zero-order chi connectivity index (χ0) is 19.6. The van der Waals surface area contributed by atoms with Gasteiger partial charge in [0.2, 0.25) is 11.9 Å². The number of rotatable bonds is 6. The van der Waals surface area contributed by atoms with Gasteiger partial charge in [0.15, 0.2) is 0 Å². The van der Waals surface area contributed by atoms with Gasteiger partial charge in [-0.05, 0) is 41.3 Å². The van der Waals surface area contributed by atoms with Crippen molar-refractivity contribution in [3.63, 3.8) is 0 Å². The molecule has 1 amide bonds. The van der Waals surface area contributed by atoms with Crippen molar-refractivity contribution in [3.8, 4) is 0 Å². The van der Waals surface area contributed by atoms with Crippen LogP contribution in [0.1, 0.15) is 49.0 Å². The Morgan fingerprint density at radius 1 is 1.10 bits per heavy atom. The molecule has 0 aliphatic heterocycles. The number of benzene rings is 2. The first-order valence-corrected chi connectivity index (χ1v) is 10.1. The van der Waals surface area contributed by atoms with Gasteiger partial charge in [-0.2, -0.15) is 4.98 Å². The lowest BCUT2D eigenvalue weighted by atomic mass is 9.85. The zero-order valence-electron chi connectivity index (χ0n) is 16.1. The number of H-pyrrole nitrogens is 1. The van der Waals surface area contributed by atoms with E-state index in [0.717, 1.165) is 29.6 Å². The van der Waals surface area contributed by atoms with Crippen LogP contribution >= 0.6 is 0 Å². The fourth-order valence-electron chi connectivity index (χ4n) is 4.02. The number of hydrogen-bond donors (Lipinski definition) is 2. The van der Waals surface area contributed by atoms with Crippen molar-refractivity contribution in [2.75, 3.05) is 5.32 Å². The Balaban J connectivity index is 1.40. The van der Waals surface area contributed by atoms with E-state index in [1.54, 1.807) is 0 Å². The van der Waals surface area contributed by atoms with E-state index in [9.17, 15) is 4.79 Å².